The standard InChI is InChI=1S/C9H14FN5/c1-5(2)15-4-14(3)6-7(11)12-9(10)13-8(6)15/h5H,4H2,1-3H3,(H2,11,12,13). The highest BCUT2D eigenvalue weighted by Gasteiger charge is 2.30. The number of hydrogen-bond donors (Lipinski definition) is 1. The van der Waals surface area contributed by atoms with Crippen molar-refractivity contribution in [3.63, 3.8) is 0 Å². The molecule has 0 unspecified atom stereocenters. The summed E-state index contributed by atoms with van der Waals surface area (Å²) in [5.41, 5.74) is 6.38. The zero-order valence-electron chi connectivity index (χ0n) is 9.03. The molecule has 82 valence electrons. The molecule has 0 saturated carbocycles. The molecule has 0 bridgehead atoms. The lowest BCUT2D eigenvalue weighted by Crippen LogP contribution is -2.34. The van der Waals surface area contributed by atoms with Crippen LogP contribution in [0.5, 0.6) is 0 Å². The number of nitrogen functional groups attached to an aromatic ring is 1. The first kappa shape index (κ1) is 9.95. The minimum Gasteiger partial charge on any atom is -0.382 e. The van der Waals surface area contributed by atoms with Crippen LogP contribution in [0.4, 0.5) is 21.7 Å². The second-order valence-corrected chi connectivity index (χ2v) is 3.95. The maximum Gasteiger partial charge on any atom is 0.312 e. The lowest BCUT2D eigenvalue weighted by Gasteiger charge is -2.22. The molecule has 0 aliphatic carbocycles. The monoisotopic (exact) mass is 211 g/mol. The van der Waals surface area contributed by atoms with Crippen molar-refractivity contribution in [3.05, 3.63) is 6.08 Å². The fourth-order valence-corrected chi connectivity index (χ4v) is 1.77. The van der Waals surface area contributed by atoms with Gasteiger partial charge >= 0.3 is 6.08 Å². The molecule has 0 radical (unpaired) electrons. The Labute approximate surface area is 87.7 Å². The van der Waals surface area contributed by atoms with Gasteiger partial charge in [0.25, 0.3) is 0 Å². The van der Waals surface area contributed by atoms with Crippen LogP contribution in [0.15, 0.2) is 0 Å². The molecule has 2 N–H and O–H groups in total. The van der Waals surface area contributed by atoms with Crippen molar-refractivity contribution < 1.29 is 4.39 Å². The van der Waals surface area contributed by atoms with E-state index in [4.69, 9.17) is 5.73 Å². The Balaban J connectivity index is 2.55. The minimum absolute atomic E-state index is 0.197. The maximum atomic E-state index is 13.0. The Hall–Kier alpha value is -1.59. The Morgan fingerprint density at radius 2 is 2.07 bits per heavy atom. The van der Waals surface area contributed by atoms with Crippen LogP contribution in [0.25, 0.3) is 0 Å². The first-order valence-corrected chi connectivity index (χ1v) is 4.81. The molecule has 1 aliphatic rings. The largest absolute Gasteiger partial charge is 0.382 e. The molecule has 0 spiro atoms. The lowest BCUT2D eigenvalue weighted by molar-refractivity contribution is 0.539. The summed E-state index contributed by atoms with van der Waals surface area (Å²) in [6.45, 7) is 4.72. The summed E-state index contributed by atoms with van der Waals surface area (Å²) < 4.78 is 13.0. The lowest BCUT2D eigenvalue weighted by atomic mass is 10.3. The third-order valence-electron chi connectivity index (χ3n) is 2.51. The number of nitrogens with two attached hydrogens (primary N) is 1. The molecule has 0 atom stereocenters. The van der Waals surface area contributed by atoms with Gasteiger partial charge in [0.15, 0.2) is 11.6 Å². The summed E-state index contributed by atoms with van der Waals surface area (Å²) in [6.07, 6.45) is -0.771. The van der Waals surface area contributed by atoms with Crippen molar-refractivity contribution in [2.24, 2.45) is 0 Å². The molecule has 6 heteroatoms. The number of fused-ring (bicyclic) bond motifs is 1. The number of nitrogens with zero attached hydrogens (tertiary/aromatic N) is 4. The Bertz CT molecular complexity index is 392. The fraction of sp³-hybridized carbons (Fsp3) is 0.556. The Morgan fingerprint density at radius 1 is 1.40 bits per heavy atom. The molecule has 5 nitrogen and oxygen atoms in total. The average molecular weight is 211 g/mol. The van der Waals surface area contributed by atoms with E-state index >= 15 is 0 Å². The minimum atomic E-state index is -0.771. The number of aromatic nitrogens is 2. The van der Waals surface area contributed by atoms with E-state index in [-0.39, 0.29) is 11.9 Å². The molecule has 0 saturated heterocycles. The molecule has 15 heavy (non-hydrogen) atoms. The van der Waals surface area contributed by atoms with Gasteiger partial charge < -0.3 is 15.5 Å². The van der Waals surface area contributed by atoms with E-state index in [1.165, 1.54) is 0 Å². The van der Waals surface area contributed by atoms with Crippen LogP contribution >= 0.6 is 0 Å². The van der Waals surface area contributed by atoms with Gasteiger partial charge in [-0.2, -0.15) is 14.4 Å². The van der Waals surface area contributed by atoms with Crippen LogP contribution in [0.3, 0.4) is 0 Å². The normalized spacial score (nSPS) is 15.0. The third kappa shape index (κ3) is 1.45. The predicted molar refractivity (Wildman–Crippen MR) is 57.3 cm³/mol. The van der Waals surface area contributed by atoms with E-state index < -0.39 is 6.08 Å². The van der Waals surface area contributed by atoms with Gasteiger partial charge in [-0.1, -0.05) is 0 Å². The van der Waals surface area contributed by atoms with Crippen LogP contribution in [0.1, 0.15) is 13.8 Å². The van der Waals surface area contributed by atoms with Crippen molar-refractivity contribution in [3.8, 4) is 0 Å². The summed E-state index contributed by atoms with van der Waals surface area (Å²) in [6, 6.07) is 0.252. The van der Waals surface area contributed by atoms with Gasteiger partial charge in [0.1, 0.15) is 5.69 Å². The first-order chi connectivity index (χ1) is 7.00. The van der Waals surface area contributed by atoms with Gasteiger partial charge in [0.05, 0.1) is 6.67 Å². The van der Waals surface area contributed by atoms with E-state index in [2.05, 4.69) is 9.97 Å². The van der Waals surface area contributed by atoms with Gasteiger partial charge in [-0.15, -0.1) is 0 Å². The third-order valence-corrected chi connectivity index (χ3v) is 2.51. The molecule has 0 fully saturated rings. The highest BCUT2D eigenvalue weighted by atomic mass is 19.1. The van der Waals surface area contributed by atoms with E-state index in [1.807, 2.05) is 30.7 Å². The summed E-state index contributed by atoms with van der Waals surface area (Å²) >= 11 is 0. The van der Waals surface area contributed by atoms with Crippen molar-refractivity contribution in [2.45, 2.75) is 19.9 Å². The summed E-state index contributed by atoms with van der Waals surface area (Å²) in [4.78, 5) is 11.2. The van der Waals surface area contributed by atoms with E-state index in [0.29, 0.717) is 18.2 Å². The van der Waals surface area contributed by atoms with E-state index in [0.717, 1.165) is 0 Å². The summed E-state index contributed by atoms with van der Waals surface area (Å²) in [5.74, 6) is 0.778. The van der Waals surface area contributed by atoms with Gasteiger partial charge in [-0.3, -0.25) is 0 Å². The number of hydrogen-bond acceptors (Lipinski definition) is 5. The molecular formula is C9H14FN5. The van der Waals surface area contributed by atoms with Crippen LogP contribution in [0, 0.1) is 6.08 Å². The summed E-state index contributed by atoms with van der Waals surface area (Å²) in [5, 5.41) is 0. The molecule has 1 aliphatic heterocycles. The topological polar surface area (TPSA) is 58.3 Å². The molecule has 0 amide bonds. The van der Waals surface area contributed by atoms with Gasteiger partial charge in [-0.05, 0) is 13.8 Å². The van der Waals surface area contributed by atoms with Crippen molar-refractivity contribution in [1.82, 2.24) is 9.97 Å². The molecular weight excluding hydrogens is 197 g/mol. The van der Waals surface area contributed by atoms with Crippen LogP contribution in [0.2, 0.25) is 0 Å². The highest BCUT2D eigenvalue weighted by Crippen LogP contribution is 2.37. The summed E-state index contributed by atoms with van der Waals surface area (Å²) in [7, 11) is 1.89. The van der Waals surface area contributed by atoms with Crippen molar-refractivity contribution in [1.29, 1.82) is 0 Å². The van der Waals surface area contributed by atoms with Gasteiger partial charge in [0, 0.05) is 13.1 Å². The SMILES string of the molecule is CC(C)N1CN(C)c2c(N)nc(F)nc21. The second kappa shape index (κ2) is 3.22. The molecule has 2 rings (SSSR count). The smallest absolute Gasteiger partial charge is 0.312 e. The highest BCUT2D eigenvalue weighted by molar-refractivity contribution is 5.81. The average Bonchev–Trinajstić information content (AvgIpc) is 2.42. The molecule has 1 aromatic heterocycles. The van der Waals surface area contributed by atoms with Crippen LogP contribution < -0.4 is 15.5 Å². The van der Waals surface area contributed by atoms with Gasteiger partial charge in [-0.25, -0.2) is 0 Å². The molecule has 2 heterocycles. The number of anilines is 3. The first-order valence-electron chi connectivity index (χ1n) is 4.81. The quantitative estimate of drug-likeness (QED) is 0.697. The van der Waals surface area contributed by atoms with Crippen LogP contribution in [-0.2, 0) is 0 Å². The van der Waals surface area contributed by atoms with E-state index in [9.17, 15) is 4.39 Å². The number of halogens is 1. The van der Waals surface area contributed by atoms with Crippen molar-refractivity contribution >= 4 is 17.3 Å². The zero-order valence-corrected chi connectivity index (χ0v) is 9.03. The Morgan fingerprint density at radius 3 is 2.67 bits per heavy atom. The van der Waals surface area contributed by atoms with Crippen LogP contribution in [-0.4, -0.2) is 29.7 Å². The predicted octanol–water partition coefficient (Wildman–Crippen LogP) is 0.820. The second-order valence-electron chi connectivity index (χ2n) is 3.95. The van der Waals surface area contributed by atoms with Gasteiger partial charge in [0.2, 0.25) is 0 Å². The maximum absolute atomic E-state index is 13.0. The number of rotatable bonds is 1. The zero-order chi connectivity index (χ0) is 11.2. The molecule has 1 aromatic rings. The fourth-order valence-electron chi connectivity index (χ4n) is 1.77. The van der Waals surface area contributed by atoms with Crippen molar-refractivity contribution in [2.75, 3.05) is 29.2 Å². The van der Waals surface area contributed by atoms with E-state index in [1.54, 1.807) is 0 Å². The molecule has 0 aromatic carbocycles. The Kier molecular flexibility index (Phi) is 2.13.